The molecule has 1 aromatic carbocycles. The second-order valence-corrected chi connectivity index (χ2v) is 4.17. The first-order valence-corrected chi connectivity index (χ1v) is 6.20. The molecule has 0 saturated carbocycles. The fourth-order valence-corrected chi connectivity index (χ4v) is 1.83. The van der Waals surface area contributed by atoms with E-state index in [9.17, 15) is 0 Å². The largest absolute Gasteiger partial charge is 0.497 e. The number of aromatic nitrogens is 2. The first kappa shape index (κ1) is 12.6. The predicted octanol–water partition coefficient (Wildman–Crippen LogP) is 2.14. The second-order valence-electron chi connectivity index (χ2n) is 4.17. The van der Waals surface area contributed by atoms with Crippen molar-refractivity contribution < 1.29 is 4.74 Å². The molecule has 1 aromatic heterocycles. The summed E-state index contributed by atoms with van der Waals surface area (Å²) in [6.45, 7) is 1.85. The highest BCUT2D eigenvalue weighted by Gasteiger charge is 1.97. The van der Waals surface area contributed by atoms with Gasteiger partial charge in [0.25, 0.3) is 0 Å². The topological polar surface area (TPSA) is 49.9 Å². The summed E-state index contributed by atoms with van der Waals surface area (Å²) in [4.78, 5) is 7.30. The molecule has 18 heavy (non-hydrogen) atoms. The molecule has 0 atom stereocenters. The van der Waals surface area contributed by atoms with Gasteiger partial charge in [0, 0.05) is 25.4 Å². The van der Waals surface area contributed by atoms with E-state index in [1.807, 2.05) is 18.3 Å². The Bertz CT molecular complexity index is 454. The minimum atomic E-state index is 0.870. The number of benzene rings is 1. The first-order chi connectivity index (χ1) is 8.88. The van der Waals surface area contributed by atoms with Crippen molar-refractivity contribution in [3.05, 3.63) is 48.0 Å². The molecule has 0 aliphatic heterocycles. The molecule has 0 radical (unpaired) electrons. The monoisotopic (exact) mass is 245 g/mol. The normalized spacial score (nSPS) is 10.5. The van der Waals surface area contributed by atoms with Crippen LogP contribution in [-0.4, -0.2) is 23.6 Å². The summed E-state index contributed by atoms with van der Waals surface area (Å²) >= 11 is 0. The van der Waals surface area contributed by atoms with E-state index in [1.165, 1.54) is 5.56 Å². The number of hydrogen-bond acceptors (Lipinski definition) is 3. The molecule has 0 fully saturated rings. The maximum absolute atomic E-state index is 5.19. The zero-order valence-electron chi connectivity index (χ0n) is 10.6. The van der Waals surface area contributed by atoms with Crippen molar-refractivity contribution >= 4 is 0 Å². The quantitative estimate of drug-likeness (QED) is 0.735. The molecule has 0 bridgehead atoms. The molecule has 1 heterocycles. The highest BCUT2D eigenvalue weighted by molar-refractivity contribution is 5.28. The Morgan fingerprint density at radius 1 is 1.39 bits per heavy atom. The van der Waals surface area contributed by atoms with Gasteiger partial charge in [0.2, 0.25) is 0 Å². The fourth-order valence-electron chi connectivity index (χ4n) is 1.83. The Morgan fingerprint density at radius 3 is 3.11 bits per heavy atom. The summed E-state index contributed by atoms with van der Waals surface area (Å²) in [5.41, 5.74) is 1.24. The number of H-pyrrole nitrogens is 1. The minimum Gasteiger partial charge on any atom is -0.497 e. The number of nitrogens with one attached hydrogen (secondary N) is 2. The van der Waals surface area contributed by atoms with E-state index in [0.29, 0.717) is 0 Å². The van der Waals surface area contributed by atoms with Crippen LogP contribution in [0, 0.1) is 0 Å². The zero-order chi connectivity index (χ0) is 12.6. The SMILES string of the molecule is COc1cccc(CNCCCc2ncc[nH]2)c1. The molecular formula is C14H19N3O. The van der Waals surface area contributed by atoms with Crippen molar-refractivity contribution in [3.63, 3.8) is 0 Å². The highest BCUT2D eigenvalue weighted by Crippen LogP contribution is 2.12. The predicted molar refractivity (Wildman–Crippen MR) is 71.6 cm³/mol. The van der Waals surface area contributed by atoms with Crippen LogP contribution in [-0.2, 0) is 13.0 Å². The third-order valence-electron chi connectivity index (χ3n) is 2.79. The number of hydrogen-bond donors (Lipinski definition) is 2. The van der Waals surface area contributed by atoms with Gasteiger partial charge in [0.15, 0.2) is 0 Å². The number of imidazole rings is 1. The molecule has 0 unspecified atom stereocenters. The minimum absolute atomic E-state index is 0.870. The Balaban J connectivity index is 1.65. The average molecular weight is 245 g/mol. The Kier molecular flexibility index (Phi) is 4.78. The second kappa shape index (κ2) is 6.81. The van der Waals surface area contributed by atoms with Crippen molar-refractivity contribution in [3.8, 4) is 5.75 Å². The lowest BCUT2D eigenvalue weighted by atomic mass is 10.2. The molecule has 0 spiro atoms. The van der Waals surface area contributed by atoms with E-state index in [4.69, 9.17) is 4.74 Å². The van der Waals surface area contributed by atoms with Gasteiger partial charge in [-0.1, -0.05) is 12.1 Å². The summed E-state index contributed by atoms with van der Waals surface area (Å²) in [5.74, 6) is 1.96. The lowest BCUT2D eigenvalue weighted by Crippen LogP contribution is -2.15. The third-order valence-corrected chi connectivity index (χ3v) is 2.79. The Hall–Kier alpha value is -1.81. The van der Waals surface area contributed by atoms with Crippen molar-refractivity contribution in [1.82, 2.24) is 15.3 Å². The fraction of sp³-hybridized carbons (Fsp3) is 0.357. The summed E-state index contributed by atoms with van der Waals surface area (Å²) in [6.07, 6.45) is 5.72. The van der Waals surface area contributed by atoms with Crippen LogP contribution in [0.5, 0.6) is 5.75 Å². The molecule has 2 aromatic rings. The van der Waals surface area contributed by atoms with E-state index in [0.717, 1.165) is 37.5 Å². The van der Waals surface area contributed by atoms with Crippen LogP contribution in [0.15, 0.2) is 36.7 Å². The van der Waals surface area contributed by atoms with Crippen molar-refractivity contribution in [2.24, 2.45) is 0 Å². The standard InChI is InChI=1S/C14H19N3O/c1-18-13-5-2-4-12(10-13)11-15-7-3-6-14-16-8-9-17-14/h2,4-5,8-10,15H,3,6-7,11H2,1H3,(H,16,17). The van der Waals surface area contributed by atoms with Crippen LogP contribution in [0.25, 0.3) is 0 Å². The third kappa shape index (κ3) is 3.89. The number of nitrogens with zero attached hydrogens (tertiary/aromatic N) is 1. The van der Waals surface area contributed by atoms with E-state index in [1.54, 1.807) is 13.3 Å². The number of methoxy groups -OCH3 is 1. The van der Waals surface area contributed by atoms with Gasteiger partial charge in [-0.25, -0.2) is 4.98 Å². The van der Waals surface area contributed by atoms with Crippen LogP contribution >= 0.6 is 0 Å². The molecule has 2 rings (SSSR count). The summed E-state index contributed by atoms with van der Waals surface area (Å²) in [7, 11) is 1.69. The molecule has 0 aliphatic rings. The number of ether oxygens (including phenoxy) is 1. The van der Waals surface area contributed by atoms with Crippen LogP contribution in [0.4, 0.5) is 0 Å². The Labute approximate surface area is 107 Å². The highest BCUT2D eigenvalue weighted by atomic mass is 16.5. The Morgan fingerprint density at radius 2 is 2.33 bits per heavy atom. The van der Waals surface area contributed by atoms with Gasteiger partial charge in [0.05, 0.1) is 7.11 Å². The van der Waals surface area contributed by atoms with Gasteiger partial charge in [-0.05, 0) is 30.7 Å². The smallest absolute Gasteiger partial charge is 0.119 e. The van der Waals surface area contributed by atoms with E-state index in [2.05, 4.69) is 27.4 Å². The van der Waals surface area contributed by atoms with Crippen molar-refractivity contribution in [1.29, 1.82) is 0 Å². The van der Waals surface area contributed by atoms with Gasteiger partial charge < -0.3 is 15.0 Å². The van der Waals surface area contributed by atoms with Gasteiger partial charge in [-0.15, -0.1) is 0 Å². The van der Waals surface area contributed by atoms with Gasteiger partial charge in [-0.2, -0.15) is 0 Å². The van der Waals surface area contributed by atoms with E-state index >= 15 is 0 Å². The molecule has 0 amide bonds. The van der Waals surface area contributed by atoms with Crippen LogP contribution in [0.1, 0.15) is 17.8 Å². The van der Waals surface area contributed by atoms with E-state index < -0.39 is 0 Å². The van der Waals surface area contributed by atoms with Gasteiger partial charge >= 0.3 is 0 Å². The zero-order valence-corrected chi connectivity index (χ0v) is 10.6. The molecular weight excluding hydrogens is 226 g/mol. The molecule has 0 saturated heterocycles. The van der Waals surface area contributed by atoms with Crippen LogP contribution in [0.3, 0.4) is 0 Å². The molecule has 2 N–H and O–H groups in total. The lowest BCUT2D eigenvalue weighted by molar-refractivity contribution is 0.414. The van der Waals surface area contributed by atoms with Crippen molar-refractivity contribution in [2.75, 3.05) is 13.7 Å². The number of rotatable bonds is 7. The van der Waals surface area contributed by atoms with Gasteiger partial charge in [0.1, 0.15) is 11.6 Å². The maximum Gasteiger partial charge on any atom is 0.119 e. The molecule has 96 valence electrons. The van der Waals surface area contributed by atoms with E-state index in [-0.39, 0.29) is 0 Å². The van der Waals surface area contributed by atoms with Gasteiger partial charge in [-0.3, -0.25) is 0 Å². The number of aryl methyl sites for hydroxylation is 1. The van der Waals surface area contributed by atoms with Crippen molar-refractivity contribution in [2.45, 2.75) is 19.4 Å². The van der Waals surface area contributed by atoms with Crippen LogP contribution < -0.4 is 10.1 Å². The molecule has 0 aliphatic carbocycles. The summed E-state index contributed by atoms with van der Waals surface area (Å²) in [6, 6.07) is 8.13. The molecule has 4 heteroatoms. The summed E-state index contributed by atoms with van der Waals surface area (Å²) < 4.78 is 5.19. The lowest BCUT2D eigenvalue weighted by Gasteiger charge is -2.06. The summed E-state index contributed by atoms with van der Waals surface area (Å²) in [5, 5.41) is 3.42. The van der Waals surface area contributed by atoms with Crippen LogP contribution in [0.2, 0.25) is 0 Å². The molecule has 4 nitrogen and oxygen atoms in total. The number of aromatic amines is 1. The average Bonchev–Trinajstić information content (AvgIpc) is 2.92. The first-order valence-electron chi connectivity index (χ1n) is 6.20. The maximum atomic E-state index is 5.19.